The second-order valence-electron chi connectivity index (χ2n) is 4.50. The lowest BCUT2D eigenvalue weighted by molar-refractivity contribution is -0.120. The molecule has 0 radical (unpaired) electrons. The summed E-state index contributed by atoms with van der Waals surface area (Å²) in [5.41, 5.74) is 2.32. The fraction of sp³-hybridized carbons (Fsp3) is 0.357. The Morgan fingerprint density at radius 1 is 1.29 bits per heavy atom. The van der Waals surface area contributed by atoms with E-state index in [0.717, 1.165) is 14.2 Å². The van der Waals surface area contributed by atoms with Crippen molar-refractivity contribution in [2.75, 3.05) is 6.26 Å². The summed E-state index contributed by atoms with van der Waals surface area (Å²) in [5.74, 6) is 0.0153. The van der Waals surface area contributed by atoms with Crippen molar-refractivity contribution in [3.8, 4) is 0 Å². The molecule has 4 nitrogen and oxygen atoms in total. The Bertz CT molecular complexity index is 598. The molecule has 0 saturated heterocycles. The van der Waals surface area contributed by atoms with Crippen LogP contribution in [-0.2, 0) is 11.3 Å². The maximum Gasteiger partial charge on any atom is 0.233 e. The number of thioether (sulfide) groups is 2. The molecule has 7 heteroatoms. The van der Waals surface area contributed by atoms with Crippen LogP contribution in [0.5, 0.6) is 0 Å². The third-order valence-electron chi connectivity index (χ3n) is 2.80. The zero-order valence-corrected chi connectivity index (χ0v) is 14.6. The van der Waals surface area contributed by atoms with Crippen LogP contribution in [0.25, 0.3) is 0 Å². The summed E-state index contributed by atoms with van der Waals surface area (Å²) >= 11 is 4.53. The molecule has 1 N–H and O–H groups in total. The van der Waals surface area contributed by atoms with Crippen molar-refractivity contribution >= 4 is 40.8 Å². The maximum atomic E-state index is 12.1. The number of carbonyl (C=O) groups is 1. The van der Waals surface area contributed by atoms with Crippen LogP contribution in [0, 0.1) is 6.92 Å². The predicted molar refractivity (Wildman–Crippen MR) is 90.0 cm³/mol. The molecule has 1 unspecified atom stereocenters. The quantitative estimate of drug-likeness (QED) is 0.818. The average molecular weight is 340 g/mol. The number of aryl methyl sites for hydroxylation is 1. The molecule has 0 spiro atoms. The van der Waals surface area contributed by atoms with Gasteiger partial charge in [-0.15, -0.1) is 10.2 Å². The molecular formula is C14H17N3OS3. The smallest absolute Gasteiger partial charge is 0.233 e. The van der Waals surface area contributed by atoms with Crippen molar-refractivity contribution in [2.24, 2.45) is 0 Å². The summed E-state index contributed by atoms with van der Waals surface area (Å²) in [7, 11) is 0. The van der Waals surface area contributed by atoms with Gasteiger partial charge in [-0.1, -0.05) is 64.7 Å². The van der Waals surface area contributed by atoms with E-state index >= 15 is 0 Å². The van der Waals surface area contributed by atoms with Gasteiger partial charge in [0, 0.05) is 6.54 Å². The van der Waals surface area contributed by atoms with E-state index in [4.69, 9.17) is 0 Å². The third kappa shape index (κ3) is 5.01. The first-order chi connectivity index (χ1) is 10.1. The average Bonchev–Trinajstić information content (AvgIpc) is 2.94. The van der Waals surface area contributed by atoms with Gasteiger partial charge in [-0.25, -0.2) is 0 Å². The van der Waals surface area contributed by atoms with Gasteiger partial charge in [-0.05, 0) is 25.7 Å². The van der Waals surface area contributed by atoms with Crippen LogP contribution < -0.4 is 5.32 Å². The molecule has 0 aliphatic heterocycles. The van der Waals surface area contributed by atoms with Gasteiger partial charge in [0.15, 0.2) is 8.68 Å². The molecule has 0 aliphatic carbocycles. The first kappa shape index (κ1) is 16.3. The Balaban J connectivity index is 1.83. The highest BCUT2D eigenvalue weighted by molar-refractivity contribution is 8.03. The molecule has 0 aliphatic rings. The molecular weight excluding hydrogens is 322 g/mol. The minimum atomic E-state index is -0.182. The molecule has 1 aromatic carbocycles. The Morgan fingerprint density at radius 3 is 2.57 bits per heavy atom. The normalized spacial score (nSPS) is 12.1. The summed E-state index contributed by atoms with van der Waals surface area (Å²) < 4.78 is 1.75. The maximum absolute atomic E-state index is 12.1. The molecule has 0 fully saturated rings. The highest BCUT2D eigenvalue weighted by Crippen LogP contribution is 2.30. The molecule has 21 heavy (non-hydrogen) atoms. The number of aromatic nitrogens is 2. The lowest BCUT2D eigenvalue weighted by atomic mass is 10.1. The second kappa shape index (κ2) is 7.82. The Hall–Kier alpha value is -1.05. The number of carbonyl (C=O) groups excluding carboxylic acids is 1. The third-order valence-corrected chi connectivity index (χ3v) is 5.88. The van der Waals surface area contributed by atoms with Gasteiger partial charge in [0.25, 0.3) is 0 Å². The summed E-state index contributed by atoms with van der Waals surface area (Å²) in [6, 6.07) is 8.15. The SMILES string of the molecule is CSc1nnc(SC(C)C(=O)NCc2ccc(C)cc2)s1. The first-order valence-electron chi connectivity index (χ1n) is 6.46. The Labute approximate surface area is 137 Å². The monoisotopic (exact) mass is 339 g/mol. The topological polar surface area (TPSA) is 54.9 Å². The standard InChI is InChI=1S/C14H17N3OS3/c1-9-4-6-11(7-5-9)8-15-12(18)10(2)20-14-17-16-13(19-3)21-14/h4-7,10H,8H2,1-3H3,(H,15,18). The zero-order chi connectivity index (χ0) is 15.2. The van der Waals surface area contributed by atoms with Gasteiger partial charge in [-0.3, -0.25) is 4.79 Å². The number of amides is 1. The van der Waals surface area contributed by atoms with Crippen molar-refractivity contribution in [2.45, 2.75) is 34.3 Å². The Kier molecular flexibility index (Phi) is 6.08. The molecule has 1 heterocycles. The summed E-state index contributed by atoms with van der Waals surface area (Å²) in [6.07, 6.45) is 1.96. The Morgan fingerprint density at radius 2 is 1.95 bits per heavy atom. The highest BCUT2D eigenvalue weighted by Gasteiger charge is 2.16. The van der Waals surface area contributed by atoms with Crippen molar-refractivity contribution in [1.29, 1.82) is 0 Å². The molecule has 0 bridgehead atoms. The van der Waals surface area contributed by atoms with Crippen LogP contribution in [0.3, 0.4) is 0 Å². The molecule has 1 atom stereocenters. The van der Waals surface area contributed by atoms with E-state index < -0.39 is 0 Å². The van der Waals surface area contributed by atoms with Crippen LogP contribution in [0.4, 0.5) is 0 Å². The van der Waals surface area contributed by atoms with Crippen molar-refractivity contribution in [3.63, 3.8) is 0 Å². The molecule has 1 amide bonds. The fourth-order valence-electron chi connectivity index (χ4n) is 1.57. The van der Waals surface area contributed by atoms with Gasteiger partial charge < -0.3 is 5.32 Å². The van der Waals surface area contributed by atoms with Crippen molar-refractivity contribution in [3.05, 3.63) is 35.4 Å². The van der Waals surface area contributed by atoms with Crippen LogP contribution in [0.2, 0.25) is 0 Å². The van der Waals surface area contributed by atoms with Crippen LogP contribution in [-0.4, -0.2) is 27.6 Å². The molecule has 0 saturated carbocycles. The molecule has 2 aromatic rings. The molecule has 112 valence electrons. The zero-order valence-electron chi connectivity index (χ0n) is 12.1. The second-order valence-corrected chi connectivity index (χ2v) is 8.12. The highest BCUT2D eigenvalue weighted by atomic mass is 32.2. The number of benzene rings is 1. The van der Waals surface area contributed by atoms with Gasteiger partial charge in [-0.2, -0.15) is 0 Å². The van der Waals surface area contributed by atoms with E-state index in [0.29, 0.717) is 6.54 Å². The fourth-order valence-corrected chi connectivity index (χ4v) is 4.18. The summed E-state index contributed by atoms with van der Waals surface area (Å²) in [4.78, 5) is 12.1. The summed E-state index contributed by atoms with van der Waals surface area (Å²) in [6.45, 7) is 4.48. The number of nitrogens with zero attached hydrogens (tertiary/aromatic N) is 2. The predicted octanol–water partition coefficient (Wildman–Crippen LogP) is 3.37. The van der Waals surface area contributed by atoms with Crippen LogP contribution in [0.1, 0.15) is 18.1 Å². The first-order valence-corrected chi connectivity index (χ1v) is 9.38. The van der Waals surface area contributed by atoms with Gasteiger partial charge in [0.2, 0.25) is 5.91 Å². The number of nitrogens with one attached hydrogen (secondary N) is 1. The van der Waals surface area contributed by atoms with Crippen molar-refractivity contribution in [1.82, 2.24) is 15.5 Å². The van der Waals surface area contributed by atoms with E-state index in [2.05, 4.69) is 15.5 Å². The molecule has 2 rings (SSSR count). The van der Waals surface area contributed by atoms with Crippen LogP contribution >= 0.6 is 34.9 Å². The molecule has 1 aromatic heterocycles. The van der Waals surface area contributed by atoms with E-state index in [1.54, 1.807) is 11.8 Å². The van der Waals surface area contributed by atoms with E-state index in [1.807, 2.05) is 44.4 Å². The minimum absolute atomic E-state index is 0.0153. The van der Waals surface area contributed by atoms with E-state index in [-0.39, 0.29) is 11.2 Å². The van der Waals surface area contributed by atoms with Gasteiger partial charge >= 0.3 is 0 Å². The minimum Gasteiger partial charge on any atom is -0.351 e. The van der Waals surface area contributed by atoms with E-state index in [9.17, 15) is 4.79 Å². The number of hydrogen-bond donors (Lipinski definition) is 1. The number of hydrogen-bond acceptors (Lipinski definition) is 6. The summed E-state index contributed by atoms with van der Waals surface area (Å²) in [5, 5.41) is 10.9. The lowest BCUT2D eigenvalue weighted by Gasteiger charge is -2.10. The lowest BCUT2D eigenvalue weighted by Crippen LogP contribution is -2.30. The van der Waals surface area contributed by atoms with Gasteiger partial charge in [0.1, 0.15) is 0 Å². The van der Waals surface area contributed by atoms with Gasteiger partial charge in [0.05, 0.1) is 5.25 Å². The van der Waals surface area contributed by atoms with Crippen molar-refractivity contribution < 1.29 is 4.79 Å². The largest absolute Gasteiger partial charge is 0.351 e. The number of rotatable bonds is 6. The van der Waals surface area contributed by atoms with Crippen LogP contribution in [0.15, 0.2) is 32.9 Å². The van der Waals surface area contributed by atoms with E-state index in [1.165, 1.54) is 28.7 Å².